The lowest BCUT2D eigenvalue weighted by Crippen LogP contribution is -1.99. The lowest BCUT2D eigenvalue weighted by Gasteiger charge is -2.05. The molecule has 17 heavy (non-hydrogen) atoms. The van der Waals surface area contributed by atoms with E-state index in [9.17, 15) is 9.90 Å². The molecule has 3 nitrogen and oxygen atoms in total. The summed E-state index contributed by atoms with van der Waals surface area (Å²) in [7, 11) is 0. The zero-order valence-corrected chi connectivity index (χ0v) is 9.36. The molecule has 0 spiro atoms. The van der Waals surface area contributed by atoms with Crippen molar-refractivity contribution in [1.29, 1.82) is 0 Å². The normalized spacial score (nSPS) is 11.1. The summed E-state index contributed by atoms with van der Waals surface area (Å²) in [6, 6.07) is 9.98. The average Bonchev–Trinajstić information content (AvgIpc) is 2.33. The fraction of sp³-hybridized carbons (Fsp3) is 0. The Hall–Kier alpha value is -2.00. The zero-order chi connectivity index (χ0) is 12.0. The molecule has 0 aliphatic carbocycles. The number of rotatable bonds is 0. The van der Waals surface area contributed by atoms with Gasteiger partial charge in [0.2, 0.25) is 0 Å². The number of phenols is 1. The van der Waals surface area contributed by atoms with Crippen molar-refractivity contribution in [3.05, 3.63) is 51.8 Å². The summed E-state index contributed by atoms with van der Waals surface area (Å²) in [4.78, 5) is 11.7. The van der Waals surface area contributed by atoms with Gasteiger partial charge in [0, 0.05) is 10.8 Å². The van der Waals surface area contributed by atoms with Crippen LogP contribution in [0.3, 0.4) is 0 Å². The van der Waals surface area contributed by atoms with Gasteiger partial charge in [0.25, 0.3) is 0 Å². The summed E-state index contributed by atoms with van der Waals surface area (Å²) < 4.78 is 5.17. The minimum absolute atomic E-state index is 0.0464. The maximum atomic E-state index is 11.7. The number of halogens is 1. The van der Waals surface area contributed by atoms with Crippen LogP contribution >= 0.6 is 11.6 Å². The molecule has 0 aliphatic heterocycles. The minimum atomic E-state index is -0.458. The van der Waals surface area contributed by atoms with Gasteiger partial charge in [-0.25, -0.2) is 4.79 Å². The lowest BCUT2D eigenvalue weighted by molar-refractivity contribution is 0.476. The van der Waals surface area contributed by atoms with E-state index in [1.807, 2.05) is 6.07 Å². The van der Waals surface area contributed by atoms with Crippen LogP contribution in [0.5, 0.6) is 5.75 Å². The fourth-order valence-electron chi connectivity index (χ4n) is 1.92. The van der Waals surface area contributed by atoms with Crippen LogP contribution in [-0.4, -0.2) is 5.11 Å². The number of aromatic hydroxyl groups is 1. The van der Waals surface area contributed by atoms with Gasteiger partial charge in [0.1, 0.15) is 11.3 Å². The smallest absolute Gasteiger partial charge is 0.344 e. The molecule has 0 fully saturated rings. The molecule has 84 valence electrons. The molecular formula is C13H7ClO3. The monoisotopic (exact) mass is 246 g/mol. The Morgan fingerprint density at radius 3 is 2.65 bits per heavy atom. The standard InChI is InChI=1S/C13H7ClO3/c14-12-9(15)6-5-8-11(12)7-3-1-2-4-10(7)17-13(8)16/h1-6,15H. The first-order chi connectivity index (χ1) is 8.18. The van der Waals surface area contributed by atoms with Gasteiger partial charge in [-0.05, 0) is 18.2 Å². The molecular weight excluding hydrogens is 240 g/mol. The summed E-state index contributed by atoms with van der Waals surface area (Å²) >= 11 is 6.05. The molecule has 3 rings (SSSR count). The third-order valence-corrected chi connectivity index (χ3v) is 3.08. The van der Waals surface area contributed by atoms with E-state index in [1.54, 1.807) is 18.2 Å². The summed E-state index contributed by atoms with van der Waals surface area (Å²) in [5.74, 6) is -0.0464. The molecule has 0 unspecified atom stereocenters. The van der Waals surface area contributed by atoms with Gasteiger partial charge in [-0.1, -0.05) is 29.8 Å². The van der Waals surface area contributed by atoms with Crippen molar-refractivity contribution in [3.63, 3.8) is 0 Å². The molecule has 0 aliphatic rings. The van der Waals surface area contributed by atoms with E-state index in [0.29, 0.717) is 21.7 Å². The predicted molar refractivity (Wildman–Crippen MR) is 66.7 cm³/mol. The third kappa shape index (κ3) is 1.40. The number of para-hydroxylation sites is 1. The largest absolute Gasteiger partial charge is 0.506 e. The van der Waals surface area contributed by atoms with E-state index in [-0.39, 0.29) is 10.8 Å². The maximum absolute atomic E-state index is 11.7. The fourth-order valence-corrected chi connectivity index (χ4v) is 2.18. The third-order valence-electron chi connectivity index (χ3n) is 2.70. The van der Waals surface area contributed by atoms with E-state index in [0.717, 1.165) is 0 Å². The second-order valence-electron chi connectivity index (χ2n) is 3.71. The van der Waals surface area contributed by atoms with Gasteiger partial charge < -0.3 is 9.52 Å². The van der Waals surface area contributed by atoms with Crippen LogP contribution in [0.1, 0.15) is 0 Å². The van der Waals surface area contributed by atoms with Crippen molar-refractivity contribution >= 4 is 33.3 Å². The first-order valence-electron chi connectivity index (χ1n) is 5.01. The highest BCUT2D eigenvalue weighted by molar-refractivity contribution is 6.39. The zero-order valence-electron chi connectivity index (χ0n) is 8.61. The predicted octanol–water partition coefficient (Wildman–Crippen LogP) is 3.31. The number of hydrogen-bond acceptors (Lipinski definition) is 3. The van der Waals surface area contributed by atoms with Crippen LogP contribution < -0.4 is 5.63 Å². The number of fused-ring (bicyclic) bond motifs is 3. The second kappa shape index (κ2) is 3.50. The van der Waals surface area contributed by atoms with Crippen molar-refractivity contribution in [2.24, 2.45) is 0 Å². The molecule has 0 atom stereocenters. The summed E-state index contributed by atoms with van der Waals surface area (Å²) in [5, 5.41) is 11.4. The van der Waals surface area contributed by atoms with E-state index in [4.69, 9.17) is 16.0 Å². The van der Waals surface area contributed by atoms with Crippen molar-refractivity contribution < 1.29 is 9.52 Å². The van der Waals surface area contributed by atoms with Gasteiger partial charge >= 0.3 is 5.63 Å². The molecule has 0 radical (unpaired) electrons. The van der Waals surface area contributed by atoms with E-state index in [2.05, 4.69) is 0 Å². The lowest BCUT2D eigenvalue weighted by atomic mass is 10.1. The number of hydrogen-bond donors (Lipinski definition) is 1. The quantitative estimate of drug-likeness (QED) is 0.489. The Kier molecular flexibility index (Phi) is 2.09. The highest BCUT2D eigenvalue weighted by Crippen LogP contribution is 2.34. The molecule has 0 bridgehead atoms. The van der Waals surface area contributed by atoms with Crippen LogP contribution in [0.4, 0.5) is 0 Å². The van der Waals surface area contributed by atoms with Crippen LogP contribution in [0, 0.1) is 0 Å². The summed E-state index contributed by atoms with van der Waals surface area (Å²) in [6.45, 7) is 0. The number of phenolic OH excluding ortho intramolecular Hbond substituents is 1. The van der Waals surface area contributed by atoms with Crippen molar-refractivity contribution in [2.45, 2.75) is 0 Å². The first-order valence-corrected chi connectivity index (χ1v) is 5.39. The minimum Gasteiger partial charge on any atom is -0.506 e. The second-order valence-corrected chi connectivity index (χ2v) is 4.08. The molecule has 0 saturated carbocycles. The van der Waals surface area contributed by atoms with Crippen LogP contribution in [-0.2, 0) is 0 Å². The topological polar surface area (TPSA) is 50.4 Å². The highest BCUT2D eigenvalue weighted by atomic mass is 35.5. The Morgan fingerprint density at radius 2 is 1.82 bits per heavy atom. The van der Waals surface area contributed by atoms with Crippen molar-refractivity contribution in [3.8, 4) is 5.75 Å². The molecule has 1 heterocycles. The molecule has 0 saturated heterocycles. The van der Waals surface area contributed by atoms with Gasteiger partial charge in [-0.2, -0.15) is 0 Å². The van der Waals surface area contributed by atoms with Crippen LogP contribution in [0.25, 0.3) is 21.7 Å². The van der Waals surface area contributed by atoms with Crippen molar-refractivity contribution in [2.75, 3.05) is 0 Å². The molecule has 3 aromatic rings. The summed E-state index contributed by atoms with van der Waals surface area (Å²) in [6.07, 6.45) is 0. The molecule has 4 heteroatoms. The van der Waals surface area contributed by atoms with Crippen LogP contribution in [0.2, 0.25) is 5.02 Å². The summed E-state index contributed by atoms with van der Waals surface area (Å²) in [5.41, 5.74) is -0.00176. The first kappa shape index (κ1) is 10.2. The van der Waals surface area contributed by atoms with Crippen molar-refractivity contribution in [1.82, 2.24) is 0 Å². The molecule has 0 amide bonds. The van der Waals surface area contributed by atoms with E-state index in [1.165, 1.54) is 12.1 Å². The maximum Gasteiger partial charge on any atom is 0.344 e. The van der Waals surface area contributed by atoms with E-state index >= 15 is 0 Å². The van der Waals surface area contributed by atoms with Gasteiger partial charge in [-0.15, -0.1) is 0 Å². The Bertz CT molecular complexity index is 790. The average molecular weight is 247 g/mol. The molecule has 1 aromatic heterocycles. The van der Waals surface area contributed by atoms with Crippen LogP contribution in [0.15, 0.2) is 45.6 Å². The Labute approximate surface area is 101 Å². The SMILES string of the molecule is O=c1oc2ccccc2c2c(Cl)c(O)ccc12. The van der Waals surface area contributed by atoms with Gasteiger partial charge in [0.15, 0.2) is 0 Å². The number of benzene rings is 2. The van der Waals surface area contributed by atoms with Gasteiger partial charge in [0.05, 0.1) is 10.4 Å². The Morgan fingerprint density at radius 1 is 1.06 bits per heavy atom. The molecule has 2 aromatic carbocycles. The highest BCUT2D eigenvalue weighted by Gasteiger charge is 2.12. The van der Waals surface area contributed by atoms with E-state index < -0.39 is 5.63 Å². The van der Waals surface area contributed by atoms with Gasteiger partial charge in [-0.3, -0.25) is 0 Å². The Balaban J connectivity index is 2.72. The molecule has 1 N–H and O–H groups in total.